The third-order valence-electron chi connectivity index (χ3n) is 3.32. The molecule has 0 aliphatic rings. The van der Waals surface area contributed by atoms with Gasteiger partial charge in [0.2, 0.25) is 0 Å². The Morgan fingerprint density at radius 3 is 2.62 bits per heavy atom. The monoisotopic (exact) mass is 318 g/mol. The number of carbonyl (C=O) groups is 1. The average Bonchev–Trinajstić information content (AvgIpc) is 2.61. The predicted molar refractivity (Wildman–Crippen MR) is 89.1 cm³/mol. The van der Waals surface area contributed by atoms with Gasteiger partial charge in [-0.1, -0.05) is 42.5 Å². The highest BCUT2D eigenvalue weighted by Gasteiger charge is 2.11. The second-order valence-electron chi connectivity index (χ2n) is 5.03. The van der Waals surface area contributed by atoms with Crippen LogP contribution in [0.15, 0.2) is 54.6 Å². The quantitative estimate of drug-likeness (QED) is 0.796. The Morgan fingerprint density at radius 1 is 1.08 bits per heavy atom. The zero-order valence-electron chi connectivity index (χ0n) is 12.8. The summed E-state index contributed by atoms with van der Waals surface area (Å²) in [4.78, 5) is 20.6. The number of benzene rings is 2. The molecule has 0 spiro atoms. The van der Waals surface area contributed by atoms with Gasteiger partial charge in [0.1, 0.15) is 18.2 Å². The molecule has 1 amide bonds. The molecule has 0 bridgehead atoms. The van der Waals surface area contributed by atoms with Gasteiger partial charge in [-0.05, 0) is 17.7 Å². The minimum Gasteiger partial charge on any atom is -0.444 e. The number of nitrogens with one attached hydrogen (secondary N) is 1. The van der Waals surface area contributed by atoms with Gasteiger partial charge in [0.25, 0.3) is 0 Å². The Hall–Kier alpha value is -3.46. The smallest absolute Gasteiger partial charge is 0.413 e. The van der Waals surface area contributed by atoms with Gasteiger partial charge in [0.15, 0.2) is 0 Å². The zero-order chi connectivity index (χ0) is 16.8. The van der Waals surface area contributed by atoms with E-state index in [4.69, 9.17) is 10.00 Å². The van der Waals surface area contributed by atoms with Gasteiger partial charge in [-0.2, -0.15) is 5.26 Å². The van der Waals surface area contributed by atoms with Crippen LogP contribution in [0.2, 0.25) is 0 Å². The number of anilines is 1. The van der Waals surface area contributed by atoms with E-state index in [-0.39, 0.29) is 13.0 Å². The molecule has 6 heteroatoms. The van der Waals surface area contributed by atoms with Crippen LogP contribution in [-0.2, 0) is 17.8 Å². The number of amides is 1. The van der Waals surface area contributed by atoms with Crippen molar-refractivity contribution in [1.82, 2.24) is 9.97 Å². The maximum absolute atomic E-state index is 12.0. The van der Waals surface area contributed by atoms with Crippen LogP contribution in [-0.4, -0.2) is 16.1 Å². The number of rotatable bonds is 4. The molecule has 3 rings (SSSR count). The lowest BCUT2D eigenvalue weighted by molar-refractivity contribution is 0.155. The van der Waals surface area contributed by atoms with Crippen molar-refractivity contribution >= 4 is 22.8 Å². The fourth-order valence-corrected chi connectivity index (χ4v) is 2.23. The summed E-state index contributed by atoms with van der Waals surface area (Å²) in [7, 11) is 0. The van der Waals surface area contributed by atoms with Crippen molar-refractivity contribution in [3.05, 3.63) is 66.0 Å². The van der Waals surface area contributed by atoms with Crippen molar-refractivity contribution in [2.45, 2.75) is 13.0 Å². The minimum atomic E-state index is -0.606. The number of nitriles is 1. The van der Waals surface area contributed by atoms with Crippen molar-refractivity contribution in [2.75, 3.05) is 5.32 Å². The molecule has 0 atom stereocenters. The van der Waals surface area contributed by atoms with E-state index in [0.717, 1.165) is 5.56 Å². The van der Waals surface area contributed by atoms with Crippen LogP contribution in [0.25, 0.3) is 10.9 Å². The summed E-state index contributed by atoms with van der Waals surface area (Å²) < 4.78 is 5.21. The van der Waals surface area contributed by atoms with Gasteiger partial charge >= 0.3 is 6.09 Å². The summed E-state index contributed by atoms with van der Waals surface area (Å²) in [6.45, 7) is 0.167. The first-order valence-corrected chi connectivity index (χ1v) is 7.36. The van der Waals surface area contributed by atoms with E-state index in [0.29, 0.717) is 22.5 Å². The molecule has 0 fully saturated rings. The van der Waals surface area contributed by atoms with E-state index < -0.39 is 6.09 Å². The largest absolute Gasteiger partial charge is 0.444 e. The minimum absolute atomic E-state index is 0.0680. The van der Waals surface area contributed by atoms with Crippen molar-refractivity contribution in [3.63, 3.8) is 0 Å². The van der Waals surface area contributed by atoms with Crippen LogP contribution in [0.3, 0.4) is 0 Å². The van der Waals surface area contributed by atoms with E-state index in [2.05, 4.69) is 15.3 Å². The van der Waals surface area contributed by atoms with E-state index >= 15 is 0 Å². The summed E-state index contributed by atoms with van der Waals surface area (Å²) in [6.07, 6.45) is -0.538. The van der Waals surface area contributed by atoms with Gasteiger partial charge < -0.3 is 4.74 Å². The van der Waals surface area contributed by atoms with Crippen LogP contribution >= 0.6 is 0 Å². The lowest BCUT2D eigenvalue weighted by Crippen LogP contribution is -2.15. The number of fused-ring (bicyclic) bond motifs is 1. The molecular weight excluding hydrogens is 304 g/mol. The number of aromatic nitrogens is 2. The Morgan fingerprint density at radius 2 is 1.83 bits per heavy atom. The summed E-state index contributed by atoms with van der Waals surface area (Å²) in [6, 6.07) is 18.7. The molecule has 0 saturated heterocycles. The Kier molecular flexibility index (Phi) is 4.63. The van der Waals surface area contributed by atoms with Crippen LogP contribution in [0.4, 0.5) is 10.6 Å². The number of ether oxygens (including phenoxy) is 1. The summed E-state index contributed by atoms with van der Waals surface area (Å²) >= 11 is 0. The molecule has 0 radical (unpaired) electrons. The number of nitrogens with zero attached hydrogens (tertiary/aromatic N) is 3. The van der Waals surface area contributed by atoms with Crippen molar-refractivity contribution in [1.29, 1.82) is 5.26 Å². The maximum atomic E-state index is 12.0. The SMILES string of the molecule is N#CCc1nc(NC(=O)OCc2ccccc2)c2ccccc2n1. The van der Waals surface area contributed by atoms with Crippen LogP contribution in [0, 0.1) is 11.3 Å². The fourth-order valence-electron chi connectivity index (χ4n) is 2.23. The molecule has 0 aliphatic heterocycles. The standard InChI is InChI=1S/C18H14N4O2/c19-11-10-16-20-15-9-5-4-8-14(15)17(21-16)22-18(23)24-12-13-6-2-1-3-7-13/h1-9H,10,12H2,(H,20,21,22,23). The number of para-hydroxylation sites is 1. The third-order valence-corrected chi connectivity index (χ3v) is 3.32. The second kappa shape index (κ2) is 7.20. The molecule has 24 heavy (non-hydrogen) atoms. The predicted octanol–water partition coefficient (Wildman–Crippen LogP) is 3.44. The number of hydrogen-bond acceptors (Lipinski definition) is 5. The Labute approximate surface area is 138 Å². The van der Waals surface area contributed by atoms with Gasteiger partial charge in [-0.15, -0.1) is 0 Å². The first-order valence-electron chi connectivity index (χ1n) is 7.36. The summed E-state index contributed by atoms with van der Waals surface area (Å²) in [5.74, 6) is 0.693. The lowest BCUT2D eigenvalue weighted by atomic mass is 10.2. The van der Waals surface area contributed by atoms with Crippen LogP contribution < -0.4 is 5.32 Å². The van der Waals surface area contributed by atoms with Gasteiger partial charge in [0, 0.05) is 5.39 Å². The molecule has 118 valence electrons. The average molecular weight is 318 g/mol. The van der Waals surface area contributed by atoms with E-state index in [1.54, 1.807) is 12.1 Å². The Bertz CT molecular complexity index is 904. The highest BCUT2D eigenvalue weighted by molar-refractivity contribution is 5.96. The number of hydrogen-bond donors (Lipinski definition) is 1. The molecular formula is C18H14N4O2. The Balaban J connectivity index is 1.78. The molecule has 2 aromatic carbocycles. The molecule has 0 saturated carbocycles. The van der Waals surface area contributed by atoms with Crippen LogP contribution in [0.5, 0.6) is 0 Å². The van der Waals surface area contributed by atoms with Crippen molar-refractivity contribution in [3.8, 4) is 6.07 Å². The molecule has 6 nitrogen and oxygen atoms in total. The van der Waals surface area contributed by atoms with Crippen molar-refractivity contribution < 1.29 is 9.53 Å². The van der Waals surface area contributed by atoms with Gasteiger partial charge in [0.05, 0.1) is 18.0 Å². The van der Waals surface area contributed by atoms with Gasteiger partial charge in [-0.3, -0.25) is 5.32 Å². The van der Waals surface area contributed by atoms with E-state index in [1.807, 2.05) is 48.5 Å². The molecule has 0 aliphatic carbocycles. The molecule has 0 unspecified atom stereocenters. The van der Waals surface area contributed by atoms with E-state index in [1.165, 1.54) is 0 Å². The van der Waals surface area contributed by atoms with E-state index in [9.17, 15) is 4.79 Å². The lowest BCUT2D eigenvalue weighted by Gasteiger charge is -2.09. The highest BCUT2D eigenvalue weighted by Crippen LogP contribution is 2.20. The van der Waals surface area contributed by atoms with Crippen LogP contribution in [0.1, 0.15) is 11.4 Å². The third kappa shape index (κ3) is 3.65. The first kappa shape index (κ1) is 15.4. The first-order chi connectivity index (χ1) is 11.8. The topological polar surface area (TPSA) is 87.9 Å². The molecule has 1 heterocycles. The summed E-state index contributed by atoms with van der Waals surface area (Å²) in [5, 5.41) is 12.2. The zero-order valence-corrected chi connectivity index (χ0v) is 12.8. The van der Waals surface area contributed by atoms with Gasteiger partial charge in [-0.25, -0.2) is 14.8 Å². The van der Waals surface area contributed by atoms with Crippen molar-refractivity contribution in [2.24, 2.45) is 0 Å². The normalized spacial score (nSPS) is 10.1. The fraction of sp³-hybridized carbons (Fsp3) is 0.111. The molecule has 1 aromatic heterocycles. The second-order valence-corrected chi connectivity index (χ2v) is 5.03. The summed E-state index contributed by atoms with van der Waals surface area (Å²) in [5.41, 5.74) is 1.56. The molecule has 1 N–H and O–H groups in total. The highest BCUT2D eigenvalue weighted by atomic mass is 16.5. The molecule has 3 aromatic rings. The number of carbonyl (C=O) groups excluding carboxylic acids is 1. The maximum Gasteiger partial charge on any atom is 0.413 e.